The Kier molecular flexibility index (Phi) is 7.39. The summed E-state index contributed by atoms with van der Waals surface area (Å²) < 4.78 is 12.6. The minimum atomic E-state index is -0.203. The maximum Gasteiger partial charge on any atom is 0.250 e. The SMILES string of the molecule is COCC(=O)Nc1ccc(N2C(=S)NC(c3ccccn3)C2c2cccn2-c2cccc(OC)c2)cc1C. The number of nitrogens with zero attached hydrogens (tertiary/aromatic N) is 3. The van der Waals surface area contributed by atoms with E-state index in [0.29, 0.717) is 5.11 Å². The Morgan fingerprint density at radius 2 is 1.92 bits per heavy atom. The minimum Gasteiger partial charge on any atom is -0.497 e. The number of aromatic nitrogens is 2. The largest absolute Gasteiger partial charge is 0.497 e. The van der Waals surface area contributed by atoms with E-state index in [9.17, 15) is 4.79 Å². The fourth-order valence-corrected chi connectivity index (χ4v) is 5.17. The van der Waals surface area contributed by atoms with Crippen molar-refractivity contribution >= 4 is 34.6 Å². The fourth-order valence-electron chi connectivity index (χ4n) is 4.82. The van der Waals surface area contributed by atoms with Gasteiger partial charge in [0.05, 0.1) is 18.8 Å². The van der Waals surface area contributed by atoms with Gasteiger partial charge in [-0.3, -0.25) is 9.78 Å². The molecule has 0 bridgehead atoms. The van der Waals surface area contributed by atoms with Crippen LogP contribution in [0, 0.1) is 6.92 Å². The van der Waals surface area contributed by atoms with Crippen molar-refractivity contribution in [1.82, 2.24) is 14.9 Å². The van der Waals surface area contributed by atoms with Gasteiger partial charge in [0.2, 0.25) is 5.91 Å². The normalized spacial score (nSPS) is 16.8. The van der Waals surface area contributed by atoms with E-state index in [1.165, 1.54) is 7.11 Å². The van der Waals surface area contributed by atoms with E-state index in [4.69, 9.17) is 21.7 Å². The summed E-state index contributed by atoms with van der Waals surface area (Å²) in [5, 5.41) is 7.01. The third kappa shape index (κ3) is 4.98. The summed E-state index contributed by atoms with van der Waals surface area (Å²) in [7, 11) is 3.16. The average molecular weight is 528 g/mol. The molecule has 2 atom stereocenters. The maximum atomic E-state index is 12.1. The fraction of sp³-hybridized carbons (Fsp3) is 0.207. The highest BCUT2D eigenvalue weighted by Gasteiger charge is 2.42. The number of benzene rings is 2. The number of nitrogens with one attached hydrogen (secondary N) is 2. The zero-order chi connectivity index (χ0) is 26.6. The number of pyridine rings is 1. The molecular formula is C29H29N5O3S. The van der Waals surface area contributed by atoms with Crippen LogP contribution in [-0.2, 0) is 9.53 Å². The van der Waals surface area contributed by atoms with Gasteiger partial charge in [0.25, 0.3) is 0 Å². The predicted octanol–water partition coefficient (Wildman–Crippen LogP) is 4.95. The van der Waals surface area contributed by atoms with Gasteiger partial charge < -0.3 is 29.6 Å². The van der Waals surface area contributed by atoms with Crippen molar-refractivity contribution in [3.63, 3.8) is 0 Å². The van der Waals surface area contributed by atoms with Gasteiger partial charge in [-0.1, -0.05) is 12.1 Å². The lowest BCUT2D eigenvalue weighted by atomic mass is 10.00. The van der Waals surface area contributed by atoms with Crippen LogP contribution in [0.5, 0.6) is 5.75 Å². The molecule has 1 amide bonds. The van der Waals surface area contributed by atoms with Crippen molar-refractivity contribution in [2.24, 2.45) is 0 Å². The van der Waals surface area contributed by atoms with Crippen LogP contribution < -0.4 is 20.3 Å². The van der Waals surface area contributed by atoms with Gasteiger partial charge in [0.1, 0.15) is 18.4 Å². The van der Waals surface area contributed by atoms with E-state index in [1.54, 1.807) is 13.3 Å². The Balaban J connectivity index is 1.59. The van der Waals surface area contributed by atoms with Gasteiger partial charge in [-0.2, -0.15) is 0 Å². The van der Waals surface area contributed by atoms with Gasteiger partial charge >= 0.3 is 0 Å². The summed E-state index contributed by atoms with van der Waals surface area (Å²) in [6.45, 7) is 1.96. The van der Waals surface area contributed by atoms with Crippen molar-refractivity contribution in [2.45, 2.75) is 19.0 Å². The smallest absolute Gasteiger partial charge is 0.250 e. The van der Waals surface area contributed by atoms with Crippen LogP contribution in [0.4, 0.5) is 11.4 Å². The molecular weight excluding hydrogens is 498 g/mol. The zero-order valence-electron chi connectivity index (χ0n) is 21.4. The molecule has 5 rings (SSSR count). The van der Waals surface area contributed by atoms with Crippen molar-refractivity contribution in [1.29, 1.82) is 0 Å². The molecule has 0 aliphatic carbocycles. The lowest BCUT2D eigenvalue weighted by molar-refractivity contribution is -0.119. The summed E-state index contributed by atoms with van der Waals surface area (Å²) in [4.78, 5) is 18.9. The molecule has 1 aliphatic heterocycles. The molecule has 1 saturated heterocycles. The second kappa shape index (κ2) is 11.0. The minimum absolute atomic E-state index is 0.00356. The van der Waals surface area contributed by atoms with Crippen LogP contribution in [-0.4, -0.2) is 41.4 Å². The zero-order valence-corrected chi connectivity index (χ0v) is 22.2. The highest BCUT2D eigenvalue weighted by Crippen LogP contribution is 2.43. The Morgan fingerprint density at radius 1 is 1.05 bits per heavy atom. The number of carbonyl (C=O) groups excluding carboxylic acids is 1. The number of carbonyl (C=O) groups is 1. The molecule has 0 radical (unpaired) electrons. The summed E-state index contributed by atoms with van der Waals surface area (Å²) in [6, 6.07) is 23.5. The maximum absolute atomic E-state index is 12.1. The first-order valence-electron chi connectivity index (χ1n) is 12.2. The molecule has 2 N–H and O–H groups in total. The molecule has 4 aromatic rings. The number of rotatable bonds is 8. The standard InChI is InChI=1S/C29H29N5O3S/c1-19-16-21(12-13-23(19)31-26(35)18-36-2)34-28(27(32-29(34)38)24-10-4-5-14-30-24)25-11-7-15-33(25)20-8-6-9-22(17-20)37-3/h4-17,27-28H,18H2,1-3H3,(H,31,35)(H,32,38). The summed E-state index contributed by atoms with van der Waals surface area (Å²) in [5.74, 6) is 0.577. The number of ether oxygens (including phenoxy) is 2. The summed E-state index contributed by atoms with van der Waals surface area (Å²) in [5.41, 5.74) is 5.46. The van der Waals surface area contributed by atoms with Crippen LogP contribution >= 0.6 is 12.2 Å². The summed E-state index contributed by atoms with van der Waals surface area (Å²) >= 11 is 5.90. The molecule has 194 valence electrons. The van der Waals surface area contributed by atoms with Gasteiger partial charge in [-0.25, -0.2) is 0 Å². The number of hydrogen-bond acceptors (Lipinski definition) is 5. The van der Waals surface area contributed by atoms with Gasteiger partial charge in [0.15, 0.2) is 5.11 Å². The molecule has 0 spiro atoms. The van der Waals surface area contributed by atoms with Crippen LogP contribution in [0.15, 0.2) is 85.2 Å². The van der Waals surface area contributed by atoms with Gasteiger partial charge in [-0.15, -0.1) is 0 Å². The van der Waals surface area contributed by atoms with Crippen LogP contribution in [0.3, 0.4) is 0 Å². The molecule has 9 heteroatoms. The molecule has 8 nitrogen and oxygen atoms in total. The molecule has 38 heavy (non-hydrogen) atoms. The van der Waals surface area contributed by atoms with Crippen molar-refractivity contribution in [3.05, 3.63) is 102 Å². The van der Waals surface area contributed by atoms with Crippen LogP contribution in [0.2, 0.25) is 0 Å². The quantitative estimate of drug-likeness (QED) is 0.314. The molecule has 3 heterocycles. The Hall–Kier alpha value is -4.21. The molecule has 2 unspecified atom stereocenters. The first kappa shape index (κ1) is 25.4. The van der Waals surface area contributed by atoms with E-state index < -0.39 is 0 Å². The van der Waals surface area contributed by atoms with E-state index in [0.717, 1.165) is 39.8 Å². The molecule has 2 aromatic heterocycles. The molecule has 2 aromatic carbocycles. The number of methoxy groups -OCH3 is 2. The highest BCUT2D eigenvalue weighted by molar-refractivity contribution is 7.80. The molecule has 1 aliphatic rings. The lowest BCUT2D eigenvalue weighted by Crippen LogP contribution is -2.30. The van der Waals surface area contributed by atoms with Gasteiger partial charge in [0, 0.05) is 48.3 Å². The topological polar surface area (TPSA) is 80.7 Å². The molecule has 1 fully saturated rings. The van der Waals surface area contributed by atoms with E-state index >= 15 is 0 Å². The Morgan fingerprint density at radius 3 is 2.66 bits per heavy atom. The third-order valence-electron chi connectivity index (χ3n) is 6.55. The van der Waals surface area contributed by atoms with Crippen molar-refractivity contribution in [3.8, 4) is 11.4 Å². The highest BCUT2D eigenvalue weighted by atomic mass is 32.1. The number of aryl methyl sites for hydroxylation is 1. The van der Waals surface area contributed by atoms with Crippen LogP contribution in [0.1, 0.15) is 29.0 Å². The number of hydrogen-bond donors (Lipinski definition) is 2. The number of thiocarbonyl (C=S) groups is 1. The number of anilines is 2. The lowest BCUT2D eigenvalue weighted by Gasteiger charge is -2.29. The first-order chi connectivity index (χ1) is 18.5. The van der Waals surface area contributed by atoms with E-state index in [1.807, 2.05) is 73.8 Å². The van der Waals surface area contributed by atoms with E-state index in [-0.39, 0.29) is 24.6 Å². The predicted molar refractivity (Wildman–Crippen MR) is 152 cm³/mol. The first-order valence-corrected chi connectivity index (χ1v) is 12.6. The van der Waals surface area contributed by atoms with E-state index in [2.05, 4.69) is 37.2 Å². The van der Waals surface area contributed by atoms with Crippen LogP contribution in [0.25, 0.3) is 5.69 Å². The summed E-state index contributed by atoms with van der Waals surface area (Å²) in [6.07, 6.45) is 3.83. The second-order valence-electron chi connectivity index (χ2n) is 8.98. The second-order valence-corrected chi connectivity index (χ2v) is 9.37. The number of amides is 1. The van der Waals surface area contributed by atoms with Crippen molar-refractivity contribution in [2.75, 3.05) is 31.0 Å². The Labute approximate surface area is 227 Å². The average Bonchev–Trinajstić information content (AvgIpc) is 3.55. The third-order valence-corrected chi connectivity index (χ3v) is 6.87. The molecule has 0 saturated carbocycles. The van der Waals surface area contributed by atoms with Gasteiger partial charge in [-0.05, 0) is 79.3 Å². The monoisotopic (exact) mass is 527 g/mol. The Bertz CT molecular complexity index is 1460. The van der Waals surface area contributed by atoms with Crippen molar-refractivity contribution < 1.29 is 14.3 Å².